The molecule has 0 fully saturated rings. The first-order chi connectivity index (χ1) is 8.56. The Balaban J connectivity index is 2.51. The van der Waals surface area contributed by atoms with E-state index in [1.165, 1.54) is 17.2 Å². The normalized spacial score (nSPS) is 13.2. The van der Waals surface area contributed by atoms with E-state index in [2.05, 4.69) is 55.9 Å². The van der Waals surface area contributed by atoms with Crippen molar-refractivity contribution in [3.05, 3.63) is 17.5 Å². The fourth-order valence-electron chi connectivity index (χ4n) is 1.98. The Hall–Kier alpha value is -0.480. The molecule has 1 N–H and O–H groups in total. The highest BCUT2D eigenvalue weighted by molar-refractivity contribution is 7.99. The van der Waals surface area contributed by atoms with Crippen LogP contribution in [0, 0.1) is 12.8 Å². The Bertz CT molecular complexity index is 347. The largest absolute Gasteiger partial charge is 0.316 e. The monoisotopic (exact) mass is 269 g/mol. The third kappa shape index (κ3) is 5.02. The maximum atomic E-state index is 4.51. The molecular formula is C14H27N3S. The van der Waals surface area contributed by atoms with E-state index in [0.717, 1.165) is 24.6 Å². The zero-order chi connectivity index (χ0) is 13.5. The summed E-state index contributed by atoms with van der Waals surface area (Å²) < 4.78 is 2.12. The molecule has 1 unspecified atom stereocenters. The van der Waals surface area contributed by atoms with Gasteiger partial charge in [0.05, 0.1) is 5.69 Å². The van der Waals surface area contributed by atoms with E-state index in [1.54, 1.807) is 0 Å². The molecule has 0 saturated carbocycles. The molecular weight excluding hydrogens is 242 g/mol. The highest BCUT2D eigenvalue weighted by atomic mass is 32.2. The van der Waals surface area contributed by atoms with Gasteiger partial charge in [0.25, 0.3) is 0 Å². The van der Waals surface area contributed by atoms with Gasteiger partial charge in [0.2, 0.25) is 0 Å². The lowest BCUT2D eigenvalue weighted by atomic mass is 10.2. The molecule has 104 valence electrons. The summed E-state index contributed by atoms with van der Waals surface area (Å²) in [6.45, 7) is 9.72. The van der Waals surface area contributed by atoms with Crippen LogP contribution in [0.3, 0.4) is 0 Å². The number of nitrogens with one attached hydrogen (secondary N) is 1. The quantitative estimate of drug-likeness (QED) is 0.787. The number of rotatable bonds is 8. The van der Waals surface area contributed by atoms with Gasteiger partial charge in [-0.15, -0.1) is 0 Å². The van der Waals surface area contributed by atoms with Gasteiger partial charge in [-0.05, 0) is 38.6 Å². The summed E-state index contributed by atoms with van der Waals surface area (Å²) in [7, 11) is 2.06. The summed E-state index contributed by atoms with van der Waals surface area (Å²) in [5.41, 5.74) is 2.47. The lowest BCUT2D eigenvalue weighted by Gasteiger charge is -2.17. The zero-order valence-corrected chi connectivity index (χ0v) is 13.2. The van der Waals surface area contributed by atoms with E-state index in [-0.39, 0.29) is 0 Å². The van der Waals surface area contributed by atoms with Crippen molar-refractivity contribution in [1.82, 2.24) is 15.1 Å². The van der Waals surface area contributed by atoms with Crippen LogP contribution in [0.25, 0.3) is 0 Å². The van der Waals surface area contributed by atoms with Gasteiger partial charge >= 0.3 is 0 Å². The van der Waals surface area contributed by atoms with Gasteiger partial charge in [0, 0.05) is 30.5 Å². The van der Waals surface area contributed by atoms with Crippen LogP contribution in [-0.2, 0) is 13.0 Å². The average Bonchev–Trinajstić information content (AvgIpc) is 2.67. The minimum atomic E-state index is 0.537. The molecule has 1 rings (SSSR count). The van der Waals surface area contributed by atoms with E-state index >= 15 is 0 Å². The molecule has 0 spiro atoms. The summed E-state index contributed by atoms with van der Waals surface area (Å²) in [6.07, 6.45) is 1.07. The Labute approximate surface area is 116 Å². The molecule has 1 aromatic rings. The number of aromatic nitrogens is 2. The van der Waals surface area contributed by atoms with Gasteiger partial charge < -0.3 is 5.32 Å². The SMILES string of the molecule is CCn1nc(C)cc1CC(CSCC(C)C)NC. The zero-order valence-electron chi connectivity index (χ0n) is 12.4. The molecule has 0 radical (unpaired) electrons. The van der Waals surface area contributed by atoms with Crippen LogP contribution in [0.4, 0.5) is 0 Å². The first-order valence-corrected chi connectivity index (χ1v) is 8.00. The van der Waals surface area contributed by atoms with Crippen molar-refractivity contribution < 1.29 is 0 Å². The smallest absolute Gasteiger partial charge is 0.0596 e. The Kier molecular flexibility index (Phi) is 6.79. The summed E-state index contributed by atoms with van der Waals surface area (Å²) in [5.74, 6) is 3.18. The molecule has 0 aliphatic rings. The highest BCUT2D eigenvalue weighted by Gasteiger charge is 2.12. The Morgan fingerprint density at radius 1 is 1.39 bits per heavy atom. The van der Waals surface area contributed by atoms with Crippen LogP contribution in [-0.4, -0.2) is 34.4 Å². The molecule has 3 nitrogen and oxygen atoms in total. The Morgan fingerprint density at radius 2 is 2.11 bits per heavy atom. The van der Waals surface area contributed by atoms with E-state index in [9.17, 15) is 0 Å². The third-order valence-corrected chi connectivity index (χ3v) is 4.46. The van der Waals surface area contributed by atoms with Crippen LogP contribution >= 0.6 is 11.8 Å². The van der Waals surface area contributed by atoms with E-state index in [1.807, 2.05) is 11.8 Å². The first kappa shape index (κ1) is 15.6. The van der Waals surface area contributed by atoms with Crippen molar-refractivity contribution in [2.24, 2.45) is 5.92 Å². The number of hydrogen-bond acceptors (Lipinski definition) is 3. The Morgan fingerprint density at radius 3 is 2.67 bits per heavy atom. The summed E-state index contributed by atoms with van der Waals surface area (Å²) >= 11 is 2.04. The van der Waals surface area contributed by atoms with Gasteiger partial charge in [-0.1, -0.05) is 13.8 Å². The molecule has 0 aliphatic carbocycles. The average molecular weight is 269 g/mol. The predicted molar refractivity (Wildman–Crippen MR) is 81.4 cm³/mol. The predicted octanol–water partition coefficient (Wildman–Crippen LogP) is 2.73. The van der Waals surface area contributed by atoms with Crippen molar-refractivity contribution in [2.45, 2.75) is 46.7 Å². The topological polar surface area (TPSA) is 29.9 Å². The second kappa shape index (κ2) is 7.85. The van der Waals surface area contributed by atoms with Crippen LogP contribution in [0.5, 0.6) is 0 Å². The summed E-state index contributed by atoms with van der Waals surface area (Å²) in [5, 5.41) is 7.93. The fraction of sp³-hybridized carbons (Fsp3) is 0.786. The van der Waals surface area contributed by atoms with Crippen molar-refractivity contribution >= 4 is 11.8 Å². The van der Waals surface area contributed by atoms with Crippen molar-refractivity contribution in [2.75, 3.05) is 18.6 Å². The van der Waals surface area contributed by atoms with Gasteiger partial charge in [-0.3, -0.25) is 4.68 Å². The molecule has 1 heterocycles. The highest BCUT2D eigenvalue weighted by Crippen LogP contribution is 2.13. The maximum absolute atomic E-state index is 4.51. The lowest BCUT2D eigenvalue weighted by molar-refractivity contribution is 0.556. The van der Waals surface area contributed by atoms with Crippen LogP contribution in [0.1, 0.15) is 32.2 Å². The van der Waals surface area contributed by atoms with E-state index in [4.69, 9.17) is 0 Å². The molecule has 4 heteroatoms. The first-order valence-electron chi connectivity index (χ1n) is 6.85. The number of nitrogens with zero attached hydrogens (tertiary/aromatic N) is 2. The third-order valence-electron chi connectivity index (χ3n) is 2.92. The van der Waals surface area contributed by atoms with Gasteiger partial charge in [-0.2, -0.15) is 16.9 Å². The molecule has 0 bridgehead atoms. The second-order valence-corrected chi connectivity index (χ2v) is 6.29. The number of likely N-dealkylation sites (N-methyl/N-ethyl adjacent to an activating group) is 1. The van der Waals surface area contributed by atoms with Gasteiger partial charge in [0.1, 0.15) is 0 Å². The van der Waals surface area contributed by atoms with Crippen LogP contribution in [0.2, 0.25) is 0 Å². The molecule has 0 aliphatic heterocycles. The minimum absolute atomic E-state index is 0.537. The summed E-state index contributed by atoms with van der Waals surface area (Å²) in [4.78, 5) is 0. The maximum Gasteiger partial charge on any atom is 0.0596 e. The fourth-order valence-corrected chi connectivity index (χ4v) is 3.16. The van der Waals surface area contributed by atoms with Crippen molar-refractivity contribution in [3.8, 4) is 0 Å². The van der Waals surface area contributed by atoms with Crippen LogP contribution in [0.15, 0.2) is 6.07 Å². The summed E-state index contributed by atoms with van der Waals surface area (Å²) in [6, 6.07) is 2.75. The molecule has 0 saturated heterocycles. The van der Waals surface area contributed by atoms with E-state index < -0.39 is 0 Å². The van der Waals surface area contributed by atoms with Crippen LogP contribution < -0.4 is 5.32 Å². The molecule has 1 atom stereocenters. The van der Waals surface area contributed by atoms with Crippen molar-refractivity contribution in [3.63, 3.8) is 0 Å². The van der Waals surface area contributed by atoms with Crippen molar-refractivity contribution in [1.29, 1.82) is 0 Å². The number of aryl methyl sites for hydroxylation is 2. The molecule has 0 amide bonds. The number of hydrogen-bond donors (Lipinski definition) is 1. The number of thioether (sulfide) groups is 1. The standard InChI is InChI=1S/C14H27N3S/c1-6-17-14(7-12(4)16-17)8-13(15-5)10-18-9-11(2)3/h7,11,13,15H,6,8-10H2,1-5H3. The second-order valence-electron chi connectivity index (χ2n) is 5.21. The molecule has 0 aromatic carbocycles. The molecule has 18 heavy (non-hydrogen) atoms. The minimum Gasteiger partial charge on any atom is -0.316 e. The van der Waals surface area contributed by atoms with Gasteiger partial charge in [0.15, 0.2) is 0 Å². The van der Waals surface area contributed by atoms with E-state index in [0.29, 0.717) is 6.04 Å². The lowest BCUT2D eigenvalue weighted by Crippen LogP contribution is -2.31. The molecule has 1 aromatic heterocycles. The van der Waals surface area contributed by atoms with Gasteiger partial charge in [-0.25, -0.2) is 0 Å².